The summed E-state index contributed by atoms with van der Waals surface area (Å²) in [7, 11) is 0. The van der Waals surface area contributed by atoms with E-state index in [1.807, 2.05) is 12.1 Å². The molecular weight excluding hydrogens is 409 g/mol. The fourth-order valence-corrected chi connectivity index (χ4v) is 2.86. The predicted molar refractivity (Wildman–Crippen MR) is 113 cm³/mol. The minimum absolute atomic E-state index is 0.216. The smallest absolute Gasteiger partial charge is 0.266 e. The van der Waals surface area contributed by atoms with Crippen LogP contribution in [0.2, 0.25) is 5.02 Å². The summed E-state index contributed by atoms with van der Waals surface area (Å²) in [6.45, 7) is 2.32. The molecule has 0 fully saturated rings. The second-order valence-corrected chi connectivity index (χ2v) is 7.08. The van der Waals surface area contributed by atoms with Crippen molar-refractivity contribution in [2.45, 2.75) is 26.0 Å². The van der Waals surface area contributed by atoms with Gasteiger partial charge in [-0.2, -0.15) is 5.10 Å². The van der Waals surface area contributed by atoms with Gasteiger partial charge in [-0.25, -0.2) is 9.07 Å². The maximum absolute atomic E-state index is 12.9. The molecule has 1 heterocycles. The Labute approximate surface area is 178 Å². The monoisotopic (exact) mass is 429 g/mol. The molecule has 30 heavy (non-hydrogen) atoms. The van der Waals surface area contributed by atoms with Crippen molar-refractivity contribution in [1.29, 1.82) is 0 Å². The first kappa shape index (κ1) is 21.5. The van der Waals surface area contributed by atoms with Gasteiger partial charge in [-0.05, 0) is 55.8 Å². The van der Waals surface area contributed by atoms with Gasteiger partial charge in [0.1, 0.15) is 11.6 Å². The summed E-state index contributed by atoms with van der Waals surface area (Å²) in [6, 6.07) is 15.8. The third kappa shape index (κ3) is 5.90. The van der Waals surface area contributed by atoms with Crippen LogP contribution in [0.25, 0.3) is 11.3 Å². The van der Waals surface area contributed by atoms with Gasteiger partial charge in [0, 0.05) is 29.7 Å². The van der Waals surface area contributed by atoms with Crippen LogP contribution in [0.15, 0.2) is 65.5 Å². The first-order valence-electron chi connectivity index (χ1n) is 9.46. The number of ether oxygens (including phenoxy) is 1. The van der Waals surface area contributed by atoms with E-state index < -0.39 is 6.10 Å². The van der Waals surface area contributed by atoms with Crippen molar-refractivity contribution < 1.29 is 13.9 Å². The number of hydrogen-bond acceptors (Lipinski definition) is 4. The number of amides is 1. The van der Waals surface area contributed by atoms with Gasteiger partial charge in [-0.3, -0.25) is 9.59 Å². The van der Waals surface area contributed by atoms with Gasteiger partial charge in [0.2, 0.25) is 0 Å². The molecule has 0 aliphatic heterocycles. The topological polar surface area (TPSA) is 73.2 Å². The van der Waals surface area contributed by atoms with E-state index >= 15 is 0 Å². The molecule has 6 nitrogen and oxygen atoms in total. The largest absolute Gasteiger partial charge is 0.481 e. The second-order valence-electron chi connectivity index (χ2n) is 6.65. The minimum atomic E-state index is -0.732. The van der Waals surface area contributed by atoms with Crippen LogP contribution in [0, 0.1) is 5.82 Å². The lowest BCUT2D eigenvalue weighted by atomic mass is 10.1. The average molecular weight is 430 g/mol. The fraction of sp³-hybridized carbons (Fsp3) is 0.227. The average Bonchev–Trinajstić information content (AvgIpc) is 2.74. The van der Waals surface area contributed by atoms with Gasteiger partial charge in [0.05, 0.1) is 5.69 Å². The highest BCUT2D eigenvalue weighted by molar-refractivity contribution is 6.30. The first-order valence-corrected chi connectivity index (χ1v) is 9.84. The van der Waals surface area contributed by atoms with Crippen LogP contribution in [0.4, 0.5) is 4.39 Å². The van der Waals surface area contributed by atoms with Crippen LogP contribution in [-0.4, -0.2) is 28.3 Å². The van der Waals surface area contributed by atoms with E-state index in [2.05, 4.69) is 10.4 Å². The Morgan fingerprint density at radius 2 is 1.83 bits per heavy atom. The van der Waals surface area contributed by atoms with Crippen LogP contribution in [-0.2, 0) is 11.3 Å². The molecule has 2 aromatic carbocycles. The van der Waals surface area contributed by atoms with Crippen LogP contribution in [0.1, 0.15) is 13.3 Å². The van der Waals surface area contributed by atoms with Crippen molar-refractivity contribution in [3.8, 4) is 17.0 Å². The molecule has 1 N–H and O–H groups in total. The van der Waals surface area contributed by atoms with E-state index in [-0.39, 0.29) is 17.3 Å². The Bertz CT molecular complexity index is 1050. The molecule has 0 unspecified atom stereocenters. The second kappa shape index (κ2) is 10.0. The van der Waals surface area contributed by atoms with Crippen LogP contribution in [0.5, 0.6) is 5.75 Å². The summed E-state index contributed by atoms with van der Waals surface area (Å²) in [4.78, 5) is 24.2. The number of nitrogens with zero attached hydrogens (tertiary/aromatic N) is 2. The van der Waals surface area contributed by atoms with Crippen molar-refractivity contribution in [3.63, 3.8) is 0 Å². The maximum Gasteiger partial charge on any atom is 0.266 e. The summed E-state index contributed by atoms with van der Waals surface area (Å²) in [6.07, 6.45) is -0.212. The van der Waals surface area contributed by atoms with Crippen molar-refractivity contribution >= 4 is 17.5 Å². The molecule has 3 aromatic rings. The highest BCUT2D eigenvalue weighted by Gasteiger charge is 2.14. The number of benzene rings is 2. The van der Waals surface area contributed by atoms with Crippen molar-refractivity contribution in [3.05, 3.63) is 81.9 Å². The van der Waals surface area contributed by atoms with E-state index in [9.17, 15) is 14.0 Å². The molecule has 0 saturated carbocycles. The Balaban J connectivity index is 1.50. The minimum Gasteiger partial charge on any atom is -0.481 e. The number of carbonyl (C=O) groups excluding carboxylic acids is 1. The highest BCUT2D eigenvalue weighted by atomic mass is 35.5. The summed E-state index contributed by atoms with van der Waals surface area (Å²) in [5.41, 5.74) is 1.30. The summed E-state index contributed by atoms with van der Waals surface area (Å²) in [5, 5.41) is 7.77. The lowest BCUT2D eigenvalue weighted by Crippen LogP contribution is -2.37. The quantitative estimate of drug-likeness (QED) is 0.554. The standard InChI is InChI=1S/C22H21ClFN3O3/c1-15(30-19-9-7-18(24)8-10-19)22(29)25-13-2-14-27-21(28)12-11-20(26-27)16-3-5-17(23)6-4-16/h3-12,15H,2,13-14H2,1H3,(H,25,29)/t15-/m0/s1. The molecular formula is C22H21ClFN3O3. The molecule has 0 aliphatic carbocycles. The molecule has 0 bridgehead atoms. The number of carbonyl (C=O) groups is 1. The lowest BCUT2D eigenvalue weighted by Gasteiger charge is -2.15. The van der Waals surface area contributed by atoms with Crippen LogP contribution < -0.4 is 15.6 Å². The van der Waals surface area contributed by atoms with Gasteiger partial charge in [-0.1, -0.05) is 23.7 Å². The van der Waals surface area contributed by atoms with Gasteiger partial charge in [0.25, 0.3) is 11.5 Å². The SMILES string of the molecule is C[C@H](Oc1ccc(F)cc1)C(=O)NCCCn1nc(-c2ccc(Cl)cc2)ccc1=O. The Kier molecular flexibility index (Phi) is 7.19. The van der Waals surface area contributed by atoms with Gasteiger partial charge < -0.3 is 10.1 Å². The van der Waals surface area contributed by atoms with Gasteiger partial charge >= 0.3 is 0 Å². The zero-order valence-corrected chi connectivity index (χ0v) is 17.1. The zero-order chi connectivity index (χ0) is 21.5. The predicted octanol–water partition coefficient (Wildman–Crippen LogP) is 3.68. The summed E-state index contributed by atoms with van der Waals surface area (Å²) >= 11 is 5.91. The van der Waals surface area contributed by atoms with E-state index in [1.54, 1.807) is 25.1 Å². The molecule has 1 amide bonds. The lowest BCUT2D eigenvalue weighted by molar-refractivity contribution is -0.127. The molecule has 0 radical (unpaired) electrons. The van der Waals surface area contributed by atoms with Crippen molar-refractivity contribution in [2.75, 3.05) is 6.54 Å². The molecule has 3 rings (SSSR count). The van der Waals surface area contributed by atoms with Gasteiger partial charge in [0.15, 0.2) is 6.10 Å². The molecule has 0 saturated heterocycles. The van der Waals surface area contributed by atoms with Gasteiger partial charge in [-0.15, -0.1) is 0 Å². The van der Waals surface area contributed by atoms with Crippen molar-refractivity contribution in [2.24, 2.45) is 0 Å². The van der Waals surface area contributed by atoms with Crippen LogP contribution in [0.3, 0.4) is 0 Å². The fourth-order valence-electron chi connectivity index (χ4n) is 2.74. The number of hydrogen-bond donors (Lipinski definition) is 1. The third-order valence-corrected chi connectivity index (χ3v) is 4.60. The van der Waals surface area contributed by atoms with E-state index in [1.165, 1.54) is 35.0 Å². The molecule has 156 valence electrons. The van der Waals surface area contributed by atoms with E-state index in [4.69, 9.17) is 16.3 Å². The first-order chi connectivity index (χ1) is 14.4. The summed E-state index contributed by atoms with van der Waals surface area (Å²) < 4.78 is 19.8. The number of rotatable bonds is 8. The molecule has 0 spiro atoms. The van der Waals surface area contributed by atoms with Crippen LogP contribution >= 0.6 is 11.6 Å². The van der Waals surface area contributed by atoms with Crippen molar-refractivity contribution in [1.82, 2.24) is 15.1 Å². The number of aromatic nitrogens is 2. The maximum atomic E-state index is 12.9. The zero-order valence-electron chi connectivity index (χ0n) is 16.3. The molecule has 1 aromatic heterocycles. The normalized spacial score (nSPS) is 11.7. The Morgan fingerprint density at radius 1 is 1.13 bits per heavy atom. The molecule has 1 atom stereocenters. The number of nitrogens with one attached hydrogen (secondary N) is 1. The Hall–Kier alpha value is -3.19. The third-order valence-electron chi connectivity index (χ3n) is 4.35. The summed E-state index contributed by atoms with van der Waals surface area (Å²) in [5.74, 6) is -0.258. The van der Waals surface area contributed by atoms with E-state index in [0.717, 1.165) is 5.56 Å². The number of aryl methyl sites for hydroxylation is 1. The highest BCUT2D eigenvalue weighted by Crippen LogP contribution is 2.18. The Morgan fingerprint density at radius 3 is 2.53 bits per heavy atom. The molecule has 0 aliphatic rings. The van der Waals surface area contributed by atoms with E-state index in [0.29, 0.717) is 36.0 Å². The molecule has 8 heteroatoms. The number of halogens is 2.